The summed E-state index contributed by atoms with van der Waals surface area (Å²) in [5.74, 6) is 0.698. The Morgan fingerprint density at radius 3 is 2.55 bits per heavy atom. The Labute approximate surface area is 121 Å². The van der Waals surface area contributed by atoms with Crippen LogP contribution in [0.3, 0.4) is 0 Å². The van der Waals surface area contributed by atoms with Crippen molar-refractivity contribution in [3.63, 3.8) is 0 Å². The summed E-state index contributed by atoms with van der Waals surface area (Å²) in [6.45, 7) is 2.52. The fourth-order valence-corrected chi connectivity index (χ4v) is 2.96. The van der Waals surface area contributed by atoms with Crippen LogP contribution in [0.15, 0.2) is 30.3 Å². The molecule has 1 unspecified atom stereocenters. The Bertz CT molecular complexity index is 422. The maximum absolute atomic E-state index is 12.3. The molecule has 1 amide bonds. The van der Waals surface area contributed by atoms with Gasteiger partial charge in [-0.1, -0.05) is 62.4 Å². The van der Waals surface area contributed by atoms with E-state index < -0.39 is 5.54 Å². The van der Waals surface area contributed by atoms with Crippen LogP contribution in [-0.4, -0.2) is 12.5 Å². The molecule has 20 heavy (non-hydrogen) atoms. The monoisotopic (exact) mass is 274 g/mol. The maximum atomic E-state index is 12.3. The van der Waals surface area contributed by atoms with Crippen LogP contribution in [0.1, 0.15) is 51.0 Å². The molecule has 1 atom stereocenters. The van der Waals surface area contributed by atoms with Crippen LogP contribution in [-0.2, 0) is 10.3 Å². The van der Waals surface area contributed by atoms with Gasteiger partial charge in [-0.3, -0.25) is 4.79 Å². The zero-order valence-corrected chi connectivity index (χ0v) is 12.4. The number of nitrogens with one attached hydrogen (secondary N) is 1. The Morgan fingerprint density at radius 2 is 1.90 bits per heavy atom. The molecule has 2 rings (SSSR count). The first-order chi connectivity index (χ1) is 9.60. The van der Waals surface area contributed by atoms with E-state index in [-0.39, 0.29) is 5.91 Å². The topological polar surface area (TPSA) is 55.1 Å². The highest BCUT2D eigenvalue weighted by Gasteiger charge is 2.30. The lowest BCUT2D eigenvalue weighted by Gasteiger charge is -2.25. The van der Waals surface area contributed by atoms with E-state index >= 15 is 0 Å². The molecule has 3 nitrogen and oxygen atoms in total. The Hall–Kier alpha value is -1.35. The number of nitrogens with two attached hydrogens (primary N) is 1. The van der Waals surface area contributed by atoms with E-state index in [1.54, 1.807) is 6.92 Å². The van der Waals surface area contributed by atoms with Crippen molar-refractivity contribution in [3.05, 3.63) is 35.9 Å². The van der Waals surface area contributed by atoms with Gasteiger partial charge >= 0.3 is 0 Å². The summed E-state index contributed by atoms with van der Waals surface area (Å²) in [4.78, 5) is 12.3. The van der Waals surface area contributed by atoms with Gasteiger partial charge in [0.2, 0.25) is 5.91 Å². The van der Waals surface area contributed by atoms with Gasteiger partial charge in [-0.15, -0.1) is 0 Å². The number of hydrogen-bond acceptors (Lipinski definition) is 2. The third-order valence-corrected chi connectivity index (χ3v) is 4.41. The molecule has 0 saturated heterocycles. The lowest BCUT2D eigenvalue weighted by Crippen LogP contribution is -2.49. The average Bonchev–Trinajstić information content (AvgIpc) is 2.49. The third kappa shape index (κ3) is 3.83. The van der Waals surface area contributed by atoms with Gasteiger partial charge < -0.3 is 11.1 Å². The number of amides is 1. The summed E-state index contributed by atoms with van der Waals surface area (Å²) in [5.41, 5.74) is 6.09. The second kappa shape index (κ2) is 6.89. The third-order valence-electron chi connectivity index (χ3n) is 4.41. The van der Waals surface area contributed by atoms with E-state index in [9.17, 15) is 4.79 Å². The fourth-order valence-electron chi connectivity index (χ4n) is 2.96. The molecule has 1 aromatic carbocycles. The molecule has 0 aliphatic heterocycles. The SMILES string of the molecule is CC(N)(C(=O)NCCC1CCCCC1)c1ccccc1. The highest BCUT2D eigenvalue weighted by atomic mass is 16.2. The van der Waals surface area contributed by atoms with E-state index in [0.717, 1.165) is 24.4 Å². The number of carbonyl (C=O) groups excluding carboxylic acids is 1. The lowest BCUT2D eigenvalue weighted by molar-refractivity contribution is -0.126. The molecule has 1 aliphatic rings. The van der Waals surface area contributed by atoms with Crippen LogP contribution in [0, 0.1) is 5.92 Å². The summed E-state index contributed by atoms with van der Waals surface area (Å²) in [7, 11) is 0. The molecule has 1 fully saturated rings. The molecular weight excluding hydrogens is 248 g/mol. The quantitative estimate of drug-likeness (QED) is 0.867. The Morgan fingerprint density at radius 1 is 1.25 bits per heavy atom. The zero-order valence-electron chi connectivity index (χ0n) is 12.4. The fraction of sp³-hybridized carbons (Fsp3) is 0.588. The molecule has 3 heteroatoms. The zero-order chi connectivity index (χ0) is 14.4. The van der Waals surface area contributed by atoms with Crippen molar-refractivity contribution in [2.75, 3.05) is 6.54 Å². The molecule has 1 aromatic rings. The standard InChI is InChI=1S/C17H26N2O/c1-17(18,15-10-6-3-7-11-15)16(20)19-13-12-14-8-4-2-5-9-14/h3,6-7,10-11,14H,2,4-5,8-9,12-13,18H2,1H3,(H,19,20). The molecule has 1 aliphatic carbocycles. The molecule has 0 spiro atoms. The first kappa shape index (κ1) is 15.0. The Balaban J connectivity index is 1.81. The molecule has 0 aromatic heterocycles. The molecule has 0 radical (unpaired) electrons. The van der Waals surface area contributed by atoms with Crippen LogP contribution in [0.5, 0.6) is 0 Å². The molecule has 3 N–H and O–H groups in total. The van der Waals surface area contributed by atoms with Crippen LogP contribution >= 0.6 is 0 Å². The van der Waals surface area contributed by atoms with Crippen molar-refractivity contribution < 1.29 is 4.79 Å². The van der Waals surface area contributed by atoms with E-state index in [0.29, 0.717) is 0 Å². The van der Waals surface area contributed by atoms with Gasteiger partial charge in [-0.05, 0) is 24.8 Å². The number of carbonyl (C=O) groups is 1. The summed E-state index contributed by atoms with van der Waals surface area (Å²) in [6.07, 6.45) is 7.77. The molecule has 0 bridgehead atoms. The normalized spacial score (nSPS) is 19.3. The van der Waals surface area contributed by atoms with Gasteiger partial charge in [0.05, 0.1) is 0 Å². The molecule has 1 saturated carbocycles. The largest absolute Gasteiger partial charge is 0.354 e. The molecular formula is C17H26N2O. The van der Waals surface area contributed by atoms with Crippen molar-refractivity contribution in [1.82, 2.24) is 5.32 Å². The van der Waals surface area contributed by atoms with E-state index in [1.165, 1.54) is 32.1 Å². The molecule has 110 valence electrons. The van der Waals surface area contributed by atoms with E-state index in [1.807, 2.05) is 30.3 Å². The van der Waals surface area contributed by atoms with Gasteiger partial charge in [0.1, 0.15) is 5.54 Å². The van der Waals surface area contributed by atoms with Gasteiger partial charge in [0, 0.05) is 6.54 Å². The first-order valence-electron chi connectivity index (χ1n) is 7.73. The number of benzene rings is 1. The number of hydrogen-bond donors (Lipinski definition) is 2. The van der Waals surface area contributed by atoms with Crippen molar-refractivity contribution in [1.29, 1.82) is 0 Å². The van der Waals surface area contributed by atoms with Gasteiger partial charge in [-0.2, -0.15) is 0 Å². The second-order valence-corrected chi connectivity index (χ2v) is 6.12. The maximum Gasteiger partial charge on any atom is 0.244 e. The van der Waals surface area contributed by atoms with Gasteiger partial charge in [0.15, 0.2) is 0 Å². The van der Waals surface area contributed by atoms with E-state index in [2.05, 4.69) is 5.32 Å². The minimum absolute atomic E-state index is 0.0838. The number of rotatable bonds is 5. The minimum Gasteiger partial charge on any atom is -0.354 e. The van der Waals surface area contributed by atoms with Gasteiger partial charge in [0.25, 0.3) is 0 Å². The van der Waals surface area contributed by atoms with Crippen molar-refractivity contribution >= 4 is 5.91 Å². The second-order valence-electron chi connectivity index (χ2n) is 6.12. The summed E-state index contributed by atoms with van der Waals surface area (Å²) >= 11 is 0. The predicted molar refractivity (Wildman–Crippen MR) is 82.2 cm³/mol. The smallest absolute Gasteiger partial charge is 0.244 e. The summed E-state index contributed by atoms with van der Waals surface area (Å²) in [6, 6.07) is 9.56. The van der Waals surface area contributed by atoms with E-state index in [4.69, 9.17) is 5.73 Å². The van der Waals surface area contributed by atoms with Crippen LogP contribution in [0.2, 0.25) is 0 Å². The summed E-state index contributed by atoms with van der Waals surface area (Å²) < 4.78 is 0. The summed E-state index contributed by atoms with van der Waals surface area (Å²) in [5, 5.41) is 3.00. The average molecular weight is 274 g/mol. The molecule has 0 heterocycles. The van der Waals surface area contributed by atoms with Crippen LogP contribution < -0.4 is 11.1 Å². The Kier molecular flexibility index (Phi) is 5.18. The first-order valence-corrected chi connectivity index (χ1v) is 7.73. The highest BCUT2D eigenvalue weighted by Crippen LogP contribution is 2.26. The minimum atomic E-state index is -0.951. The lowest BCUT2D eigenvalue weighted by atomic mass is 9.87. The van der Waals surface area contributed by atoms with Crippen LogP contribution in [0.4, 0.5) is 0 Å². The highest BCUT2D eigenvalue weighted by molar-refractivity contribution is 5.86. The van der Waals surface area contributed by atoms with Crippen LogP contribution in [0.25, 0.3) is 0 Å². The van der Waals surface area contributed by atoms with Crippen molar-refractivity contribution in [2.24, 2.45) is 11.7 Å². The predicted octanol–water partition coefficient (Wildman–Crippen LogP) is 2.95. The van der Waals surface area contributed by atoms with Crippen molar-refractivity contribution in [3.8, 4) is 0 Å². The van der Waals surface area contributed by atoms with Crippen molar-refractivity contribution in [2.45, 2.75) is 51.0 Å². The van der Waals surface area contributed by atoms with Gasteiger partial charge in [-0.25, -0.2) is 0 Å².